The van der Waals surface area contributed by atoms with Crippen LogP contribution < -0.4 is 15.5 Å². The summed E-state index contributed by atoms with van der Waals surface area (Å²) in [6, 6.07) is 15.4. The van der Waals surface area contributed by atoms with Crippen molar-refractivity contribution in [3.05, 3.63) is 65.2 Å². The topological polar surface area (TPSA) is 88.7 Å². The Morgan fingerprint density at radius 1 is 0.933 bits per heavy atom. The quantitative estimate of drug-likeness (QED) is 0.561. The van der Waals surface area contributed by atoms with Gasteiger partial charge < -0.3 is 14.7 Å². The summed E-state index contributed by atoms with van der Waals surface area (Å²) in [6.45, 7) is 6.22. The number of carbonyl (C=O) groups is 2. The van der Waals surface area contributed by atoms with Crippen molar-refractivity contribution in [1.82, 2.24) is 5.16 Å². The predicted octanol–water partition coefficient (Wildman–Crippen LogP) is 2.36. The third-order valence-corrected chi connectivity index (χ3v) is 4.79. The van der Waals surface area contributed by atoms with Crippen LogP contribution in [0.25, 0.3) is 11.3 Å². The van der Waals surface area contributed by atoms with Gasteiger partial charge in [-0.3, -0.25) is 14.9 Å². The van der Waals surface area contributed by atoms with Crippen molar-refractivity contribution in [1.29, 1.82) is 0 Å². The molecule has 0 bridgehead atoms. The molecule has 2 aromatic carbocycles. The molecule has 1 unspecified atom stereocenters. The second-order valence-corrected chi connectivity index (χ2v) is 7.62. The molecule has 0 aliphatic heterocycles. The predicted molar refractivity (Wildman–Crippen MR) is 116 cm³/mol. The number of quaternary nitrogens is 1. The molecule has 2 amide bonds. The van der Waals surface area contributed by atoms with E-state index in [9.17, 15) is 9.59 Å². The minimum Gasteiger partial charge on any atom is -0.338 e. The van der Waals surface area contributed by atoms with E-state index in [1.807, 2.05) is 63.2 Å². The molecule has 0 fully saturated rings. The molecule has 3 N–H and O–H groups in total. The molecule has 0 saturated heterocycles. The Balaban J connectivity index is 1.51. The number of anilines is 2. The first-order valence-corrected chi connectivity index (χ1v) is 9.83. The summed E-state index contributed by atoms with van der Waals surface area (Å²) in [7, 11) is 1.79. The molecular formula is C23H27N4O3+. The number of nitrogens with zero attached hydrogens (tertiary/aromatic N) is 1. The first-order valence-electron chi connectivity index (χ1n) is 9.83. The molecule has 0 spiro atoms. The summed E-state index contributed by atoms with van der Waals surface area (Å²) < 4.78 is 5.22. The Kier molecular flexibility index (Phi) is 6.64. The average molecular weight is 407 g/mol. The Bertz CT molecular complexity index is 1020. The summed E-state index contributed by atoms with van der Waals surface area (Å²) >= 11 is 0. The molecule has 156 valence electrons. The lowest BCUT2D eigenvalue weighted by atomic mass is 10.1. The summed E-state index contributed by atoms with van der Waals surface area (Å²) in [6.07, 6.45) is 0. The molecule has 1 aromatic heterocycles. The van der Waals surface area contributed by atoms with Gasteiger partial charge in [0, 0.05) is 17.3 Å². The van der Waals surface area contributed by atoms with Crippen LogP contribution in [0.2, 0.25) is 0 Å². The van der Waals surface area contributed by atoms with Gasteiger partial charge in [0.1, 0.15) is 5.69 Å². The van der Waals surface area contributed by atoms with E-state index >= 15 is 0 Å². The largest absolute Gasteiger partial charge is 0.338 e. The van der Waals surface area contributed by atoms with E-state index in [0.717, 1.165) is 32.8 Å². The molecule has 0 aliphatic carbocycles. The molecule has 3 rings (SSSR count). The lowest BCUT2D eigenvalue weighted by Crippen LogP contribution is -3.11. The number of para-hydroxylation sites is 1. The highest BCUT2D eigenvalue weighted by Gasteiger charge is 2.17. The number of hydrogen-bond donors (Lipinski definition) is 3. The SMILES string of the molecule is Cc1ccc(-c2cc(NC(=O)C[NH+](C)CC(=O)Nc3c(C)cccc3C)on2)cc1. The third kappa shape index (κ3) is 5.55. The second-order valence-electron chi connectivity index (χ2n) is 7.62. The first kappa shape index (κ1) is 21.3. The van der Waals surface area contributed by atoms with Crippen molar-refractivity contribution in [3.8, 4) is 11.3 Å². The van der Waals surface area contributed by atoms with Crippen LogP contribution in [0.5, 0.6) is 0 Å². The smallest absolute Gasteiger partial charge is 0.281 e. The van der Waals surface area contributed by atoms with Gasteiger partial charge >= 0.3 is 0 Å². The number of carbonyl (C=O) groups excluding carboxylic acids is 2. The van der Waals surface area contributed by atoms with Gasteiger partial charge in [0.05, 0.1) is 7.05 Å². The molecule has 0 aliphatic rings. The Labute approximate surface area is 176 Å². The van der Waals surface area contributed by atoms with E-state index in [1.54, 1.807) is 13.1 Å². The van der Waals surface area contributed by atoms with Gasteiger partial charge in [-0.05, 0) is 31.9 Å². The zero-order chi connectivity index (χ0) is 21.7. The van der Waals surface area contributed by atoms with Crippen LogP contribution >= 0.6 is 0 Å². The molecular weight excluding hydrogens is 380 g/mol. The van der Waals surface area contributed by atoms with Crippen molar-refractivity contribution in [2.45, 2.75) is 20.8 Å². The molecule has 1 heterocycles. The van der Waals surface area contributed by atoms with Crippen molar-refractivity contribution in [2.75, 3.05) is 30.8 Å². The maximum absolute atomic E-state index is 12.4. The van der Waals surface area contributed by atoms with E-state index in [2.05, 4.69) is 15.8 Å². The highest BCUT2D eigenvalue weighted by molar-refractivity contribution is 5.93. The van der Waals surface area contributed by atoms with Crippen LogP contribution in [0.15, 0.2) is 53.1 Å². The van der Waals surface area contributed by atoms with Crippen LogP contribution in [0, 0.1) is 20.8 Å². The molecule has 3 aromatic rings. The van der Waals surface area contributed by atoms with Crippen molar-refractivity contribution >= 4 is 23.4 Å². The van der Waals surface area contributed by atoms with Crippen molar-refractivity contribution in [3.63, 3.8) is 0 Å². The van der Waals surface area contributed by atoms with E-state index < -0.39 is 0 Å². The summed E-state index contributed by atoms with van der Waals surface area (Å²) in [5.41, 5.74) is 5.56. The maximum atomic E-state index is 12.4. The molecule has 1 atom stereocenters. The van der Waals surface area contributed by atoms with E-state index in [0.29, 0.717) is 5.69 Å². The van der Waals surface area contributed by atoms with Crippen LogP contribution in [-0.4, -0.2) is 37.1 Å². The second kappa shape index (κ2) is 9.37. The maximum Gasteiger partial charge on any atom is 0.281 e. The lowest BCUT2D eigenvalue weighted by molar-refractivity contribution is -0.862. The fourth-order valence-electron chi connectivity index (χ4n) is 3.18. The van der Waals surface area contributed by atoms with Crippen LogP contribution in [0.4, 0.5) is 11.6 Å². The van der Waals surface area contributed by atoms with Gasteiger partial charge in [-0.15, -0.1) is 0 Å². The van der Waals surface area contributed by atoms with E-state index in [-0.39, 0.29) is 30.8 Å². The first-order chi connectivity index (χ1) is 14.3. The third-order valence-electron chi connectivity index (χ3n) is 4.79. The fraction of sp³-hybridized carbons (Fsp3) is 0.261. The Morgan fingerprint density at radius 3 is 2.17 bits per heavy atom. The number of aryl methyl sites for hydroxylation is 3. The van der Waals surface area contributed by atoms with Gasteiger partial charge in [-0.25, -0.2) is 0 Å². The number of hydrogen-bond acceptors (Lipinski definition) is 4. The summed E-state index contributed by atoms with van der Waals surface area (Å²) in [5, 5.41) is 9.63. The van der Waals surface area contributed by atoms with Crippen LogP contribution in [-0.2, 0) is 9.59 Å². The van der Waals surface area contributed by atoms with Crippen molar-refractivity contribution in [2.24, 2.45) is 0 Å². The number of rotatable bonds is 7. The molecule has 0 saturated carbocycles. The molecule has 7 heteroatoms. The average Bonchev–Trinajstić information content (AvgIpc) is 3.13. The minimum absolute atomic E-state index is 0.126. The fourth-order valence-corrected chi connectivity index (χ4v) is 3.18. The molecule has 30 heavy (non-hydrogen) atoms. The normalized spacial score (nSPS) is 11.7. The zero-order valence-corrected chi connectivity index (χ0v) is 17.7. The van der Waals surface area contributed by atoms with Gasteiger partial charge in [0.25, 0.3) is 11.8 Å². The zero-order valence-electron chi connectivity index (χ0n) is 17.7. The monoisotopic (exact) mass is 407 g/mol. The number of nitrogens with one attached hydrogen (secondary N) is 3. The van der Waals surface area contributed by atoms with Gasteiger partial charge in [-0.2, -0.15) is 0 Å². The highest BCUT2D eigenvalue weighted by Crippen LogP contribution is 2.22. The number of amides is 2. The minimum atomic E-state index is -0.251. The number of likely N-dealkylation sites (N-methyl/N-ethyl adjacent to an activating group) is 1. The molecule has 0 radical (unpaired) electrons. The summed E-state index contributed by atoms with van der Waals surface area (Å²) in [5.74, 6) is -0.110. The van der Waals surface area contributed by atoms with Gasteiger partial charge in [-0.1, -0.05) is 53.2 Å². The summed E-state index contributed by atoms with van der Waals surface area (Å²) in [4.78, 5) is 25.4. The van der Waals surface area contributed by atoms with E-state index in [4.69, 9.17) is 4.52 Å². The highest BCUT2D eigenvalue weighted by atomic mass is 16.5. The molecule has 7 nitrogen and oxygen atoms in total. The lowest BCUT2D eigenvalue weighted by Gasteiger charge is -2.15. The number of aromatic nitrogens is 1. The number of benzene rings is 2. The van der Waals surface area contributed by atoms with Gasteiger partial charge in [0.2, 0.25) is 5.88 Å². The van der Waals surface area contributed by atoms with Crippen molar-refractivity contribution < 1.29 is 19.0 Å². The Morgan fingerprint density at radius 2 is 1.53 bits per heavy atom. The standard InChI is InChI=1S/C23H26N4O3/c1-15-8-10-18(11-9-15)19-12-22(30-26-19)24-20(28)13-27(4)14-21(29)25-23-16(2)6-5-7-17(23)3/h5-12H,13-14H2,1-4H3,(H,24,28)(H,25,29)/p+1. The van der Waals surface area contributed by atoms with Gasteiger partial charge in [0.15, 0.2) is 13.1 Å². The van der Waals surface area contributed by atoms with E-state index in [1.165, 1.54) is 0 Å². The Hall–Kier alpha value is -3.45. The van der Waals surface area contributed by atoms with Crippen LogP contribution in [0.1, 0.15) is 16.7 Å². The van der Waals surface area contributed by atoms with Crippen LogP contribution in [0.3, 0.4) is 0 Å².